The number of fused-ring (bicyclic) bond motifs is 2. The second-order valence-electron chi connectivity index (χ2n) is 8.67. The Morgan fingerprint density at radius 3 is 2.27 bits per heavy atom. The number of primary amides is 1. The number of alkyl halides is 6. The topological polar surface area (TPSA) is 133 Å². The zero-order valence-electron chi connectivity index (χ0n) is 21.0. The number of aromatic nitrogens is 6. The molecule has 17 heteroatoms. The number of carbonyl (C=O) groups is 2. The van der Waals surface area contributed by atoms with Crippen LogP contribution in [0.25, 0.3) is 27.0 Å². The summed E-state index contributed by atoms with van der Waals surface area (Å²) in [6.45, 7) is 4.00. The number of halogens is 6. The fourth-order valence-electron chi connectivity index (χ4n) is 4.34. The standard InChI is InChI=1S/C24H18F6N8O2S/c1-3-37-8(2)10(7-32-37)9-4-11(19(25)26)34-24-16(9)17(18(41-24)22(31)39)35-23(40)13-6-15-33-12(20(27)28)5-14(21(29)30)38(15)36-13/h4-7,19-21H,3H2,1-2H3,(H2,31,39)(H,35,40). The third kappa shape index (κ3) is 4.85. The number of hydrogen-bond acceptors (Lipinski definition) is 7. The normalized spacial score (nSPS) is 12.0. The first-order valence-electron chi connectivity index (χ1n) is 11.8. The van der Waals surface area contributed by atoms with E-state index in [0.717, 1.165) is 12.1 Å². The van der Waals surface area contributed by atoms with Crippen molar-refractivity contribution in [1.82, 2.24) is 29.4 Å². The molecule has 2 amide bonds. The number of amides is 2. The van der Waals surface area contributed by atoms with Gasteiger partial charge in [-0.1, -0.05) is 0 Å². The summed E-state index contributed by atoms with van der Waals surface area (Å²) in [7, 11) is 0. The van der Waals surface area contributed by atoms with Crippen molar-refractivity contribution in [1.29, 1.82) is 0 Å². The molecule has 0 aliphatic rings. The molecular weight excluding hydrogens is 578 g/mol. The van der Waals surface area contributed by atoms with Crippen molar-refractivity contribution in [2.45, 2.75) is 39.7 Å². The summed E-state index contributed by atoms with van der Waals surface area (Å²) in [4.78, 5) is 32.9. The van der Waals surface area contributed by atoms with E-state index < -0.39 is 59.5 Å². The van der Waals surface area contributed by atoms with Crippen LogP contribution in [0.5, 0.6) is 0 Å². The van der Waals surface area contributed by atoms with Crippen LogP contribution in [-0.4, -0.2) is 41.2 Å². The number of hydrogen-bond donors (Lipinski definition) is 2. The monoisotopic (exact) mass is 596 g/mol. The molecule has 41 heavy (non-hydrogen) atoms. The van der Waals surface area contributed by atoms with Gasteiger partial charge in [0.2, 0.25) is 0 Å². The zero-order chi connectivity index (χ0) is 29.7. The van der Waals surface area contributed by atoms with Crippen LogP contribution < -0.4 is 11.1 Å². The lowest BCUT2D eigenvalue weighted by Crippen LogP contribution is -2.17. The van der Waals surface area contributed by atoms with Crippen LogP contribution >= 0.6 is 11.3 Å². The van der Waals surface area contributed by atoms with Crippen LogP contribution in [0.2, 0.25) is 0 Å². The van der Waals surface area contributed by atoms with Crippen molar-refractivity contribution in [3.05, 3.63) is 57.7 Å². The number of thiophene rings is 1. The number of anilines is 1. The highest BCUT2D eigenvalue weighted by Crippen LogP contribution is 2.43. The highest BCUT2D eigenvalue weighted by molar-refractivity contribution is 7.21. The second kappa shape index (κ2) is 10.5. The first-order valence-corrected chi connectivity index (χ1v) is 12.6. The predicted molar refractivity (Wildman–Crippen MR) is 136 cm³/mol. The molecule has 0 radical (unpaired) electrons. The van der Waals surface area contributed by atoms with Crippen LogP contribution in [0.1, 0.15) is 69.1 Å². The second-order valence-corrected chi connectivity index (χ2v) is 9.67. The summed E-state index contributed by atoms with van der Waals surface area (Å²) >= 11 is 0.663. The van der Waals surface area contributed by atoms with Gasteiger partial charge in [-0.3, -0.25) is 14.3 Å². The van der Waals surface area contributed by atoms with Crippen molar-refractivity contribution in [2.24, 2.45) is 5.73 Å². The van der Waals surface area contributed by atoms with Crippen molar-refractivity contribution >= 4 is 44.7 Å². The summed E-state index contributed by atoms with van der Waals surface area (Å²) in [5.74, 6) is -2.05. The number of carbonyl (C=O) groups excluding carboxylic acids is 2. The molecule has 214 valence electrons. The SMILES string of the molecule is CCn1ncc(-c2cc(C(F)F)nc3sc(C(N)=O)c(NC(=O)c4cc5nc(C(F)F)cc(C(F)F)n5n4)c23)c1C. The van der Waals surface area contributed by atoms with Gasteiger partial charge in [-0.25, -0.2) is 40.8 Å². The van der Waals surface area contributed by atoms with Crippen LogP contribution in [-0.2, 0) is 6.54 Å². The quantitative estimate of drug-likeness (QED) is 0.221. The number of pyridine rings is 1. The van der Waals surface area contributed by atoms with Gasteiger partial charge in [-0.2, -0.15) is 10.2 Å². The molecular formula is C24H18F6N8O2S. The van der Waals surface area contributed by atoms with E-state index in [2.05, 4.69) is 25.5 Å². The van der Waals surface area contributed by atoms with Gasteiger partial charge in [0, 0.05) is 29.3 Å². The van der Waals surface area contributed by atoms with Crippen LogP contribution in [0.4, 0.5) is 32.0 Å². The number of nitrogens with one attached hydrogen (secondary N) is 1. The molecule has 0 aliphatic carbocycles. The lowest BCUT2D eigenvalue weighted by atomic mass is 10.0. The molecule has 5 aromatic rings. The van der Waals surface area contributed by atoms with Gasteiger partial charge in [-0.05, 0) is 31.5 Å². The Hall–Kier alpha value is -4.54. The molecule has 0 aliphatic heterocycles. The van der Waals surface area contributed by atoms with Crippen LogP contribution in [0.3, 0.4) is 0 Å². The van der Waals surface area contributed by atoms with Crippen molar-refractivity contribution in [2.75, 3.05) is 5.32 Å². The summed E-state index contributed by atoms with van der Waals surface area (Å²) in [5, 5.41) is 10.6. The minimum Gasteiger partial charge on any atom is -0.365 e. The Morgan fingerprint density at radius 2 is 1.68 bits per heavy atom. The van der Waals surface area contributed by atoms with Gasteiger partial charge in [0.25, 0.3) is 31.1 Å². The molecule has 0 saturated carbocycles. The first-order chi connectivity index (χ1) is 19.4. The molecule has 5 aromatic heterocycles. The molecule has 5 heterocycles. The lowest BCUT2D eigenvalue weighted by molar-refractivity contribution is 0.100. The zero-order valence-corrected chi connectivity index (χ0v) is 21.8. The molecule has 0 aromatic carbocycles. The van der Waals surface area contributed by atoms with E-state index in [0.29, 0.717) is 39.7 Å². The summed E-state index contributed by atoms with van der Waals surface area (Å²) in [5.41, 5.74) is 3.17. The van der Waals surface area contributed by atoms with E-state index >= 15 is 0 Å². The molecule has 3 N–H and O–H groups in total. The van der Waals surface area contributed by atoms with Crippen LogP contribution in [0.15, 0.2) is 24.4 Å². The fourth-order valence-corrected chi connectivity index (χ4v) is 5.35. The lowest BCUT2D eigenvalue weighted by Gasteiger charge is -2.10. The fraction of sp³-hybridized carbons (Fsp3) is 0.250. The van der Waals surface area contributed by atoms with Crippen molar-refractivity contribution in [3.8, 4) is 11.1 Å². The van der Waals surface area contributed by atoms with Crippen LogP contribution in [0, 0.1) is 6.92 Å². The Morgan fingerprint density at radius 1 is 1.00 bits per heavy atom. The average molecular weight is 597 g/mol. The molecule has 0 atom stereocenters. The maximum atomic E-state index is 13.8. The minimum absolute atomic E-state index is 0.0382. The van der Waals surface area contributed by atoms with Gasteiger partial charge < -0.3 is 11.1 Å². The van der Waals surface area contributed by atoms with Crippen molar-refractivity contribution < 1.29 is 35.9 Å². The highest BCUT2D eigenvalue weighted by atomic mass is 32.1. The molecule has 5 rings (SSSR count). The van der Waals surface area contributed by atoms with Gasteiger partial charge in [0.15, 0.2) is 11.3 Å². The molecule has 0 bridgehead atoms. The van der Waals surface area contributed by atoms with Gasteiger partial charge in [0.1, 0.15) is 26.8 Å². The summed E-state index contributed by atoms with van der Waals surface area (Å²) in [6, 6.07) is 2.50. The van der Waals surface area contributed by atoms with E-state index in [9.17, 15) is 35.9 Å². The average Bonchev–Trinajstić information content (AvgIpc) is 3.62. The Kier molecular flexibility index (Phi) is 7.14. The number of rotatable bonds is 8. The van der Waals surface area contributed by atoms with E-state index in [-0.39, 0.29) is 26.3 Å². The Labute approximate surface area is 229 Å². The maximum absolute atomic E-state index is 13.8. The molecule has 0 fully saturated rings. The Balaban J connectivity index is 1.69. The number of aryl methyl sites for hydroxylation is 1. The van der Waals surface area contributed by atoms with E-state index in [1.807, 2.05) is 6.92 Å². The third-order valence-corrected chi connectivity index (χ3v) is 7.31. The molecule has 10 nitrogen and oxygen atoms in total. The summed E-state index contributed by atoms with van der Waals surface area (Å²) < 4.78 is 83.3. The number of nitrogens with two attached hydrogens (primary N) is 1. The van der Waals surface area contributed by atoms with E-state index in [1.54, 1.807) is 11.6 Å². The van der Waals surface area contributed by atoms with Crippen molar-refractivity contribution in [3.63, 3.8) is 0 Å². The van der Waals surface area contributed by atoms with Gasteiger partial charge in [0.05, 0.1) is 11.9 Å². The number of nitrogens with zero attached hydrogens (tertiary/aromatic N) is 6. The Bertz CT molecular complexity index is 1830. The third-order valence-electron chi connectivity index (χ3n) is 6.21. The summed E-state index contributed by atoms with van der Waals surface area (Å²) in [6.07, 6.45) is -7.91. The molecule has 0 unspecified atom stereocenters. The first kappa shape index (κ1) is 28.0. The predicted octanol–water partition coefficient (Wildman–Crippen LogP) is 5.69. The minimum atomic E-state index is -3.22. The maximum Gasteiger partial charge on any atom is 0.280 e. The van der Waals surface area contributed by atoms with Gasteiger partial charge >= 0.3 is 0 Å². The largest absolute Gasteiger partial charge is 0.365 e. The smallest absolute Gasteiger partial charge is 0.280 e. The van der Waals surface area contributed by atoms with E-state index in [1.165, 1.54) is 6.20 Å². The van der Waals surface area contributed by atoms with Gasteiger partial charge in [-0.15, -0.1) is 11.3 Å². The molecule has 0 saturated heterocycles. The van der Waals surface area contributed by atoms with E-state index in [4.69, 9.17) is 5.73 Å². The molecule has 0 spiro atoms. The highest BCUT2D eigenvalue weighted by Gasteiger charge is 2.28.